The van der Waals surface area contributed by atoms with Crippen molar-refractivity contribution in [2.75, 3.05) is 12.3 Å². The fourth-order valence-electron chi connectivity index (χ4n) is 1.26. The summed E-state index contributed by atoms with van der Waals surface area (Å²) in [4.78, 5) is 0.368. The van der Waals surface area contributed by atoms with Gasteiger partial charge in [0.1, 0.15) is 0 Å². The number of rotatable bonds is 5. The molecule has 1 N–H and O–H groups in total. The quantitative estimate of drug-likeness (QED) is 0.907. The summed E-state index contributed by atoms with van der Waals surface area (Å²) in [5, 5.41) is 3.10. The SMILES string of the molecule is CC(C)NCCS(=O)(=O)c1cccc(Br)c1. The number of halogens is 1. The molecule has 0 aliphatic rings. The third kappa shape index (κ3) is 4.23. The summed E-state index contributed by atoms with van der Waals surface area (Å²) in [5.74, 6) is 0.127. The summed E-state index contributed by atoms with van der Waals surface area (Å²) in [6.45, 7) is 4.46. The maximum absolute atomic E-state index is 11.9. The smallest absolute Gasteiger partial charge is 0.179 e. The van der Waals surface area contributed by atoms with Crippen molar-refractivity contribution >= 4 is 25.8 Å². The molecule has 0 fully saturated rings. The van der Waals surface area contributed by atoms with E-state index in [1.165, 1.54) is 0 Å². The van der Waals surface area contributed by atoms with Crippen molar-refractivity contribution in [3.05, 3.63) is 28.7 Å². The largest absolute Gasteiger partial charge is 0.314 e. The average Bonchev–Trinajstić information content (AvgIpc) is 2.16. The molecule has 0 heterocycles. The molecule has 90 valence electrons. The van der Waals surface area contributed by atoms with Crippen LogP contribution in [0.25, 0.3) is 0 Å². The Labute approximate surface area is 105 Å². The standard InChI is InChI=1S/C11H16BrNO2S/c1-9(2)13-6-7-16(14,15)11-5-3-4-10(12)8-11/h3-5,8-9,13H,6-7H2,1-2H3. The molecule has 0 atom stereocenters. The van der Waals surface area contributed by atoms with Gasteiger partial charge in [0, 0.05) is 17.1 Å². The van der Waals surface area contributed by atoms with Crippen LogP contribution < -0.4 is 5.32 Å². The van der Waals surface area contributed by atoms with Gasteiger partial charge in [0.15, 0.2) is 9.84 Å². The van der Waals surface area contributed by atoms with Crippen LogP contribution in [0.4, 0.5) is 0 Å². The average molecular weight is 306 g/mol. The first kappa shape index (κ1) is 13.7. The predicted molar refractivity (Wildman–Crippen MR) is 69.3 cm³/mol. The monoisotopic (exact) mass is 305 g/mol. The lowest BCUT2D eigenvalue weighted by atomic mass is 10.4. The first-order valence-corrected chi connectivity index (χ1v) is 7.58. The fourth-order valence-corrected chi connectivity index (χ4v) is 3.03. The maximum Gasteiger partial charge on any atom is 0.179 e. The molecular weight excluding hydrogens is 290 g/mol. The second-order valence-corrected chi connectivity index (χ2v) is 6.91. The minimum Gasteiger partial charge on any atom is -0.314 e. The van der Waals surface area contributed by atoms with E-state index in [-0.39, 0.29) is 5.75 Å². The van der Waals surface area contributed by atoms with Crippen LogP contribution in [0.15, 0.2) is 33.6 Å². The summed E-state index contributed by atoms with van der Waals surface area (Å²) in [6, 6.07) is 7.09. The van der Waals surface area contributed by atoms with E-state index in [0.717, 1.165) is 4.47 Å². The zero-order valence-corrected chi connectivity index (χ0v) is 11.8. The van der Waals surface area contributed by atoms with Crippen LogP contribution >= 0.6 is 15.9 Å². The van der Waals surface area contributed by atoms with Crippen LogP contribution in [0.2, 0.25) is 0 Å². The molecule has 1 aromatic carbocycles. The van der Waals surface area contributed by atoms with Gasteiger partial charge in [0.25, 0.3) is 0 Å². The molecule has 0 aliphatic heterocycles. The van der Waals surface area contributed by atoms with Gasteiger partial charge in [0.2, 0.25) is 0 Å². The van der Waals surface area contributed by atoms with E-state index in [0.29, 0.717) is 17.5 Å². The molecule has 0 spiro atoms. The second-order valence-electron chi connectivity index (χ2n) is 3.89. The third-order valence-electron chi connectivity index (χ3n) is 2.08. The molecule has 0 saturated carbocycles. The number of nitrogens with one attached hydrogen (secondary N) is 1. The Balaban J connectivity index is 2.71. The molecule has 0 saturated heterocycles. The van der Waals surface area contributed by atoms with Crippen LogP contribution in [-0.4, -0.2) is 26.8 Å². The summed E-state index contributed by atoms with van der Waals surface area (Å²) >= 11 is 3.27. The predicted octanol–water partition coefficient (Wildman–Crippen LogP) is 2.22. The van der Waals surface area contributed by atoms with Crippen molar-refractivity contribution in [3.63, 3.8) is 0 Å². The normalized spacial score (nSPS) is 12.0. The van der Waals surface area contributed by atoms with E-state index >= 15 is 0 Å². The Kier molecular flexibility index (Phi) is 4.95. The number of hydrogen-bond donors (Lipinski definition) is 1. The molecule has 0 aromatic heterocycles. The molecule has 0 radical (unpaired) electrons. The minimum absolute atomic E-state index is 0.127. The highest BCUT2D eigenvalue weighted by Crippen LogP contribution is 2.16. The van der Waals surface area contributed by atoms with Crippen LogP contribution in [0.3, 0.4) is 0 Å². The van der Waals surface area contributed by atoms with E-state index in [9.17, 15) is 8.42 Å². The summed E-state index contributed by atoms with van der Waals surface area (Å²) < 4.78 is 24.6. The molecule has 3 nitrogen and oxygen atoms in total. The molecule has 5 heteroatoms. The molecular formula is C11H16BrNO2S. The lowest BCUT2D eigenvalue weighted by molar-refractivity contribution is 0.578. The van der Waals surface area contributed by atoms with E-state index < -0.39 is 9.84 Å². The highest BCUT2D eigenvalue weighted by molar-refractivity contribution is 9.10. The van der Waals surface area contributed by atoms with Crippen molar-refractivity contribution < 1.29 is 8.42 Å². The summed E-state index contributed by atoms with van der Waals surface area (Å²) in [6.07, 6.45) is 0. The molecule has 0 bridgehead atoms. The topological polar surface area (TPSA) is 46.2 Å². The molecule has 1 rings (SSSR count). The highest BCUT2D eigenvalue weighted by atomic mass is 79.9. The highest BCUT2D eigenvalue weighted by Gasteiger charge is 2.14. The van der Waals surface area contributed by atoms with Crippen molar-refractivity contribution in [3.8, 4) is 0 Å². The summed E-state index contributed by atoms with van der Waals surface area (Å²) in [7, 11) is -3.17. The van der Waals surface area contributed by atoms with Crippen molar-refractivity contribution in [2.45, 2.75) is 24.8 Å². The van der Waals surface area contributed by atoms with Crippen LogP contribution in [0.1, 0.15) is 13.8 Å². The molecule has 0 aliphatic carbocycles. The first-order chi connectivity index (χ1) is 7.42. The maximum atomic E-state index is 11.9. The first-order valence-electron chi connectivity index (χ1n) is 5.13. The van der Waals surface area contributed by atoms with Gasteiger partial charge in [0.05, 0.1) is 10.6 Å². The van der Waals surface area contributed by atoms with E-state index in [2.05, 4.69) is 21.2 Å². The number of hydrogen-bond acceptors (Lipinski definition) is 3. The van der Waals surface area contributed by atoms with Crippen LogP contribution in [0, 0.1) is 0 Å². The Hall–Kier alpha value is -0.390. The second kappa shape index (κ2) is 5.80. The van der Waals surface area contributed by atoms with Crippen molar-refractivity contribution in [1.82, 2.24) is 5.32 Å². The van der Waals surface area contributed by atoms with Gasteiger partial charge in [-0.3, -0.25) is 0 Å². The number of benzene rings is 1. The third-order valence-corrected chi connectivity index (χ3v) is 4.29. The van der Waals surface area contributed by atoms with Gasteiger partial charge < -0.3 is 5.32 Å². The van der Waals surface area contributed by atoms with Gasteiger partial charge in [-0.05, 0) is 18.2 Å². The Bertz CT molecular complexity index is 443. The van der Waals surface area contributed by atoms with E-state index in [4.69, 9.17) is 0 Å². The minimum atomic E-state index is -3.17. The van der Waals surface area contributed by atoms with Gasteiger partial charge >= 0.3 is 0 Å². The van der Waals surface area contributed by atoms with Gasteiger partial charge in [-0.1, -0.05) is 35.8 Å². The van der Waals surface area contributed by atoms with Gasteiger partial charge in [-0.15, -0.1) is 0 Å². The van der Waals surface area contributed by atoms with E-state index in [1.807, 2.05) is 19.9 Å². The Morgan fingerprint density at radius 1 is 1.38 bits per heavy atom. The van der Waals surface area contributed by atoms with Crippen molar-refractivity contribution in [2.24, 2.45) is 0 Å². The summed E-state index contributed by atoms with van der Waals surface area (Å²) in [5.41, 5.74) is 0. The molecule has 0 amide bonds. The lowest BCUT2D eigenvalue weighted by Crippen LogP contribution is -2.28. The van der Waals surface area contributed by atoms with Crippen molar-refractivity contribution in [1.29, 1.82) is 0 Å². The van der Waals surface area contributed by atoms with E-state index in [1.54, 1.807) is 18.2 Å². The molecule has 0 unspecified atom stereocenters. The molecule has 1 aromatic rings. The van der Waals surface area contributed by atoms with Gasteiger partial charge in [-0.25, -0.2) is 8.42 Å². The zero-order chi connectivity index (χ0) is 12.2. The Morgan fingerprint density at radius 3 is 2.62 bits per heavy atom. The fraction of sp³-hybridized carbons (Fsp3) is 0.455. The zero-order valence-electron chi connectivity index (χ0n) is 9.40. The number of sulfone groups is 1. The Morgan fingerprint density at radius 2 is 2.06 bits per heavy atom. The lowest BCUT2D eigenvalue weighted by Gasteiger charge is -2.08. The van der Waals surface area contributed by atoms with Crippen LogP contribution in [0.5, 0.6) is 0 Å². The molecule has 16 heavy (non-hydrogen) atoms. The van der Waals surface area contributed by atoms with Gasteiger partial charge in [-0.2, -0.15) is 0 Å². The van der Waals surface area contributed by atoms with Crippen LogP contribution in [-0.2, 0) is 9.84 Å².